The number of pyridine rings is 1. The third kappa shape index (κ3) is 5.48. The molecule has 1 aromatic heterocycles. The summed E-state index contributed by atoms with van der Waals surface area (Å²) in [6.45, 7) is 3.17. The molecule has 0 spiro atoms. The Balaban J connectivity index is 1.37. The number of aromatic nitrogens is 1. The van der Waals surface area contributed by atoms with Crippen LogP contribution in [0.25, 0.3) is 0 Å². The molecule has 160 valence electrons. The van der Waals surface area contributed by atoms with Crippen LogP contribution in [-0.2, 0) is 16.6 Å². The van der Waals surface area contributed by atoms with Crippen molar-refractivity contribution in [3.8, 4) is 0 Å². The fourth-order valence-electron chi connectivity index (χ4n) is 3.50. The van der Waals surface area contributed by atoms with Crippen LogP contribution in [0.15, 0.2) is 77.8 Å². The normalized spacial score (nSPS) is 14.3. The number of carbonyl (C=O) groups excluding carboxylic acids is 1. The maximum Gasteiger partial charge on any atom is 0.263 e. The molecule has 0 saturated carbocycles. The quantitative estimate of drug-likeness (QED) is 0.589. The molecular formula is C23H24N4O3S. The van der Waals surface area contributed by atoms with Gasteiger partial charge < -0.3 is 5.32 Å². The molecule has 3 aromatic rings. The van der Waals surface area contributed by atoms with Gasteiger partial charge in [0.2, 0.25) is 0 Å². The van der Waals surface area contributed by atoms with Gasteiger partial charge in [-0.1, -0.05) is 18.2 Å². The van der Waals surface area contributed by atoms with Crippen LogP contribution in [0, 0.1) is 0 Å². The van der Waals surface area contributed by atoms with Crippen molar-refractivity contribution in [2.24, 2.45) is 0 Å². The van der Waals surface area contributed by atoms with Crippen molar-refractivity contribution < 1.29 is 13.2 Å². The van der Waals surface area contributed by atoms with Crippen molar-refractivity contribution in [2.45, 2.75) is 24.3 Å². The number of anilines is 2. The third-order valence-corrected chi connectivity index (χ3v) is 6.52. The minimum absolute atomic E-state index is 0.0856. The van der Waals surface area contributed by atoms with Gasteiger partial charge in [-0.15, -0.1) is 0 Å². The third-order valence-electron chi connectivity index (χ3n) is 5.15. The fraction of sp³-hybridized carbons (Fsp3) is 0.217. The van der Waals surface area contributed by atoms with Crippen molar-refractivity contribution >= 4 is 27.4 Å². The first-order valence-corrected chi connectivity index (χ1v) is 11.6. The van der Waals surface area contributed by atoms with Gasteiger partial charge in [0.25, 0.3) is 15.9 Å². The first-order chi connectivity index (χ1) is 15.0. The number of carbonyl (C=O) groups is 1. The second-order valence-corrected chi connectivity index (χ2v) is 9.16. The number of amides is 1. The Morgan fingerprint density at radius 3 is 2.29 bits per heavy atom. The molecule has 2 N–H and O–H groups in total. The molecule has 0 atom stereocenters. The van der Waals surface area contributed by atoms with Gasteiger partial charge in [-0.05, 0) is 80.0 Å². The van der Waals surface area contributed by atoms with Gasteiger partial charge in [0.05, 0.1) is 4.90 Å². The number of benzene rings is 2. The van der Waals surface area contributed by atoms with Gasteiger partial charge >= 0.3 is 0 Å². The lowest BCUT2D eigenvalue weighted by atomic mass is 10.1. The molecule has 0 aliphatic carbocycles. The standard InChI is InChI=1S/C23H24N4O3S/c28-23(19-8-6-18(7-9-19)17-27-15-3-4-16-27)25-20-10-12-21(13-11-20)31(29,30)26-22-5-1-2-14-24-22/h1-2,5-14H,3-4,15-17H2,(H,24,26)(H,25,28). The van der Waals surface area contributed by atoms with E-state index in [-0.39, 0.29) is 16.6 Å². The summed E-state index contributed by atoms with van der Waals surface area (Å²) < 4.78 is 27.4. The number of hydrogen-bond acceptors (Lipinski definition) is 5. The van der Waals surface area contributed by atoms with Crippen LogP contribution in [0.3, 0.4) is 0 Å². The van der Waals surface area contributed by atoms with Crippen LogP contribution < -0.4 is 10.0 Å². The summed E-state index contributed by atoms with van der Waals surface area (Å²) in [6, 6.07) is 18.6. The highest BCUT2D eigenvalue weighted by atomic mass is 32.2. The molecular weight excluding hydrogens is 412 g/mol. The Labute approximate surface area is 182 Å². The minimum atomic E-state index is -3.75. The monoisotopic (exact) mass is 436 g/mol. The average Bonchev–Trinajstić information content (AvgIpc) is 3.28. The van der Waals surface area contributed by atoms with E-state index in [1.165, 1.54) is 36.7 Å². The smallest absolute Gasteiger partial charge is 0.263 e. The first-order valence-electron chi connectivity index (χ1n) is 10.2. The number of rotatable bonds is 7. The predicted molar refractivity (Wildman–Crippen MR) is 120 cm³/mol. The number of likely N-dealkylation sites (tertiary alicyclic amines) is 1. The average molecular weight is 437 g/mol. The Bertz CT molecular complexity index is 1130. The van der Waals surface area contributed by atoms with Crippen LogP contribution >= 0.6 is 0 Å². The summed E-state index contributed by atoms with van der Waals surface area (Å²) in [7, 11) is -3.75. The first kappa shape index (κ1) is 21.0. The SMILES string of the molecule is O=C(Nc1ccc(S(=O)(=O)Nc2ccccn2)cc1)c1ccc(CN2CCCC2)cc1. The summed E-state index contributed by atoms with van der Waals surface area (Å²) in [6.07, 6.45) is 4.01. The van der Waals surface area contributed by atoms with Gasteiger partial charge in [0.15, 0.2) is 0 Å². The maximum absolute atomic E-state index is 12.5. The molecule has 1 aliphatic rings. The summed E-state index contributed by atoms with van der Waals surface area (Å²) in [5.74, 6) is 0.00278. The molecule has 1 fully saturated rings. The highest BCUT2D eigenvalue weighted by Gasteiger charge is 2.15. The molecule has 1 aliphatic heterocycles. The van der Waals surface area contributed by atoms with Crippen LogP contribution in [0.4, 0.5) is 11.5 Å². The second-order valence-electron chi connectivity index (χ2n) is 7.48. The zero-order valence-electron chi connectivity index (χ0n) is 17.0. The van der Waals surface area contributed by atoms with Gasteiger partial charge in [0, 0.05) is 24.0 Å². The van der Waals surface area contributed by atoms with E-state index in [0.29, 0.717) is 11.3 Å². The predicted octanol–water partition coefficient (Wildman–Crippen LogP) is 3.73. The van der Waals surface area contributed by atoms with Gasteiger partial charge in [-0.3, -0.25) is 14.4 Å². The molecule has 0 bridgehead atoms. The highest BCUT2D eigenvalue weighted by molar-refractivity contribution is 7.92. The summed E-state index contributed by atoms with van der Waals surface area (Å²) in [4.78, 5) is 19.0. The van der Waals surface area contributed by atoms with E-state index in [1.54, 1.807) is 30.3 Å². The topological polar surface area (TPSA) is 91.4 Å². The summed E-state index contributed by atoms with van der Waals surface area (Å²) in [5.41, 5.74) is 2.26. The Kier molecular flexibility index (Phi) is 6.29. The van der Waals surface area contributed by atoms with Crippen LogP contribution in [0.1, 0.15) is 28.8 Å². The van der Waals surface area contributed by atoms with E-state index in [9.17, 15) is 13.2 Å². The Morgan fingerprint density at radius 2 is 1.65 bits per heavy atom. The van der Waals surface area contributed by atoms with E-state index in [4.69, 9.17) is 0 Å². The Morgan fingerprint density at radius 1 is 0.935 bits per heavy atom. The number of nitrogens with one attached hydrogen (secondary N) is 2. The molecule has 0 unspecified atom stereocenters. The molecule has 2 heterocycles. The van der Waals surface area contributed by atoms with E-state index < -0.39 is 10.0 Å². The lowest BCUT2D eigenvalue weighted by Gasteiger charge is -2.14. The van der Waals surface area contributed by atoms with Crippen LogP contribution in [-0.4, -0.2) is 37.3 Å². The molecule has 2 aromatic carbocycles. The number of hydrogen-bond donors (Lipinski definition) is 2. The maximum atomic E-state index is 12.5. The largest absolute Gasteiger partial charge is 0.322 e. The summed E-state index contributed by atoms with van der Waals surface area (Å²) >= 11 is 0. The van der Waals surface area contributed by atoms with Gasteiger partial charge in [-0.25, -0.2) is 13.4 Å². The van der Waals surface area contributed by atoms with Crippen molar-refractivity contribution in [2.75, 3.05) is 23.1 Å². The van der Waals surface area contributed by atoms with Crippen molar-refractivity contribution in [1.29, 1.82) is 0 Å². The molecule has 8 heteroatoms. The number of sulfonamides is 1. The van der Waals surface area contributed by atoms with E-state index in [1.807, 2.05) is 24.3 Å². The van der Waals surface area contributed by atoms with Gasteiger partial charge in [0.1, 0.15) is 5.82 Å². The lowest BCUT2D eigenvalue weighted by Crippen LogP contribution is -2.18. The van der Waals surface area contributed by atoms with Crippen LogP contribution in [0.2, 0.25) is 0 Å². The van der Waals surface area contributed by atoms with Crippen LogP contribution in [0.5, 0.6) is 0 Å². The van der Waals surface area contributed by atoms with E-state index in [2.05, 4.69) is 19.9 Å². The van der Waals surface area contributed by atoms with Crippen molar-refractivity contribution in [3.05, 3.63) is 84.1 Å². The molecule has 31 heavy (non-hydrogen) atoms. The minimum Gasteiger partial charge on any atom is -0.322 e. The molecule has 0 radical (unpaired) electrons. The number of nitrogens with zero attached hydrogens (tertiary/aromatic N) is 2. The van der Waals surface area contributed by atoms with Crippen molar-refractivity contribution in [3.63, 3.8) is 0 Å². The Hall–Kier alpha value is -3.23. The molecule has 1 saturated heterocycles. The second kappa shape index (κ2) is 9.28. The molecule has 4 rings (SSSR count). The highest BCUT2D eigenvalue weighted by Crippen LogP contribution is 2.18. The lowest BCUT2D eigenvalue weighted by molar-refractivity contribution is 0.102. The summed E-state index contributed by atoms with van der Waals surface area (Å²) in [5, 5.41) is 2.80. The van der Waals surface area contributed by atoms with Gasteiger partial charge in [-0.2, -0.15) is 0 Å². The van der Waals surface area contributed by atoms with E-state index in [0.717, 1.165) is 19.6 Å². The zero-order valence-corrected chi connectivity index (χ0v) is 17.8. The molecule has 7 nitrogen and oxygen atoms in total. The van der Waals surface area contributed by atoms with E-state index >= 15 is 0 Å². The zero-order chi connectivity index (χ0) is 21.7. The van der Waals surface area contributed by atoms with Crippen molar-refractivity contribution in [1.82, 2.24) is 9.88 Å². The molecule has 1 amide bonds. The fourth-order valence-corrected chi connectivity index (χ4v) is 4.51.